The van der Waals surface area contributed by atoms with Gasteiger partial charge >= 0.3 is 0 Å². The molecule has 20 heavy (non-hydrogen) atoms. The smallest absolute Gasteiger partial charge is 0.226 e. The summed E-state index contributed by atoms with van der Waals surface area (Å²) in [6, 6.07) is -0.223. The molecule has 3 unspecified atom stereocenters. The number of aliphatic hydroxyl groups excluding tert-OH is 1. The normalized spacial score (nSPS) is 33.0. The number of hydrogen-bond acceptors (Lipinski definition) is 5. The zero-order valence-corrected chi connectivity index (χ0v) is 12.5. The van der Waals surface area contributed by atoms with E-state index in [9.17, 15) is 13.2 Å². The molecule has 0 aromatic carbocycles. The van der Waals surface area contributed by atoms with Crippen molar-refractivity contribution in [1.82, 2.24) is 4.90 Å². The van der Waals surface area contributed by atoms with Crippen LogP contribution in [0, 0.1) is 5.92 Å². The van der Waals surface area contributed by atoms with Crippen LogP contribution in [0.1, 0.15) is 32.1 Å². The molecule has 116 valence electrons. The highest BCUT2D eigenvalue weighted by atomic mass is 32.2. The van der Waals surface area contributed by atoms with E-state index in [0.717, 1.165) is 19.3 Å². The summed E-state index contributed by atoms with van der Waals surface area (Å²) in [7, 11) is -3.03. The van der Waals surface area contributed by atoms with Crippen molar-refractivity contribution in [2.75, 3.05) is 24.7 Å². The van der Waals surface area contributed by atoms with Crippen molar-refractivity contribution in [3.63, 3.8) is 0 Å². The van der Waals surface area contributed by atoms with Crippen LogP contribution in [0.15, 0.2) is 0 Å². The first kappa shape index (κ1) is 15.7. The molecule has 0 bridgehead atoms. The summed E-state index contributed by atoms with van der Waals surface area (Å²) < 4.78 is 23.2. The highest BCUT2D eigenvalue weighted by molar-refractivity contribution is 7.91. The maximum Gasteiger partial charge on any atom is 0.226 e. The van der Waals surface area contributed by atoms with E-state index in [1.54, 1.807) is 4.90 Å². The lowest BCUT2D eigenvalue weighted by Crippen LogP contribution is -2.47. The number of nitrogens with zero attached hydrogens (tertiary/aromatic N) is 1. The van der Waals surface area contributed by atoms with Crippen LogP contribution >= 0.6 is 0 Å². The van der Waals surface area contributed by atoms with Gasteiger partial charge in [-0.25, -0.2) is 8.42 Å². The van der Waals surface area contributed by atoms with Gasteiger partial charge in [-0.05, 0) is 25.7 Å². The predicted octanol–water partition coefficient (Wildman–Crippen LogP) is -0.488. The van der Waals surface area contributed by atoms with Crippen molar-refractivity contribution in [3.8, 4) is 0 Å². The Morgan fingerprint density at radius 1 is 1.30 bits per heavy atom. The Hall–Kier alpha value is -0.660. The van der Waals surface area contributed by atoms with Gasteiger partial charge in [-0.15, -0.1) is 0 Å². The third-order valence-electron chi connectivity index (χ3n) is 4.34. The van der Waals surface area contributed by atoms with Gasteiger partial charge in [-0.1, -0.05) is 6.42 Å². The lowest BCUT2D eigenvalue weighted by atomic mass is 9.85. The molecule has 1 amide bonds. The molecular formula is C13H24N2O4S. The Morgan fingerprint density at radius 3 is 2.60 bits per heavy atom. The third kappa shape index (κ3) is 3.71. The molecule has 2 aliphatic rings. The Bertz CT molecular complexity index is 451. The van der Waals surface area contributed by atoms with Gasteiger partial charge in [0.05, 0.1) is 18.1 Å². The molecule has 1 saturated carbocycles. The summed E-state index contributed by atoms with van der Waals surface area (Å²) >= 11 is 0. The lowest BCUT2D eigenvalue weighted by molar-refractivity contribution is -0.139. The van der Waals surface area contributed by atoms with Gasteiger partial charge in [0.15, 0.2) is 9.84 Å². The summed E-state index contributed by atoms with van der Waals surface area (Å²) in [6.45, 7) is 0.0752. The molecule has 0 spiro atoms. The van der Waals surface area contributed by atoms with Crippen LogP contribution in [-0.4, -0.2) is 61.1 Å². The fourth-order valence-electron chi connectivity index (χ4n) is 3.29. The maximum atomic E-state index is 12.6. The molecule has 7 heteroatoms. The second-order valence-corrected chi connectivity index (χ2v) is 8.16. The highest BCUT2D eigenvalue weighted by Crippen LogP contribution is 2.27. The van der Waals surface area contributed by atoms with Crippen molar-refractivity contribution in [2.45, 2.75) is 44.2 Å². The topological polar surface area (TPSA) is 101 Å². The number of aliphatic hydroxyl groups is 1. The van der Waals surface area contributed by atoms with E-state index in [2.05, 4.69) is 0 Å². The average Bonchev–Trinajstić information content (AvgIpc) is 2.75. The zero-order chi connectivity index (χ0) is 14.8. The summed E-state index contributed by atoms with van der Waals surface area (Å²) in [5.41, 5.74) is 5.92. The molecule has 6 nitrogen and oxygen atoms in total. The molecule has 2 rings (SSSR count). The molecule has 2 fully saturated rings. The second kappa shape index (κ2) is 6.41. The zero-order valence-electron chi connectivity index (χ0n) is 11.7. The Kier molecular flexibility index (Phi) is 5.04. The van der Waals surface area contributed by atoms with Crippen molar-refractivity contribution in [2.24, 2.45) is 11.7 Å². The number of carbonyl (C=O) groups is 1. The monoisotopic (exact) mass is 304 g/mol. The molecule has 1 aliphatic carbocycles. The van der Waals surface area contributed by atoms with E-state index in [0.29, 0.717) is 12.8 Å². The largest absolute Gasteiger partial charge is 0.395 e. The van der Waals surface area contributed by atoms with E-state index in [1.165, 1.54) is 0 Å². The van der Waals surface area contributed by atoms with E-state index in [-0.39, 0.29) is 48.6 Å². The second-order valence-electron chi connectivity index (χ2n) is 5.94. The molecule has 3 atom stereocenters. The fraction of sp³-hybridized carbons (Fsp3) is 0.923. The number of amides is 1. The summed E-state index contributed by atoms with van der Waals surface area (Å²) in [6.07, 6.45) is 3.84. The van der Waals surface area contributed by atoms with Crippen LogP contribution < -0.4 is 5.73 Å². The van der Waals surface area contributed by atoms with Crippen LogP contribution in [0.3, 0.4) is 0 Å². The van der Waals surface area contributed by atoms with Gasteiger partial charge in [0.2, 0.25) is 5.91 Å². The first-order valence-corrected chi connectivity index (χ1v) is 9.12. The van der Waals surface area contributed by atoms with Gasteiger partial charge < -0.3 is 15.7 Å². The molecule has 1 saturated heterocycles. The highest BCUT2D eigenvalue weighted by Gasteiger charge is 2.37. The van der Waals surface area contributed by atoms with Crippen LogP contribution in [0.2, 0.25) is 0 Å². The van der Waals surface area contributed by atoms with E-state index < -0.39 is 9.84 Å². The Balaban J connectivity index is 2.06. The standard InChI is InChI=1S/C13H24N2O4S/c14-11-3-1-2-10(8-11)13(17)15(5-6-16)12-4-7-20(18,19)9-12/h10-12,16H,1-9,14H2. The van der Waals surface area contributed by atoms with Crippen molar-refractivity contribution >= 4 is 15.7 Å². The summed E-state index contributed by atoms with van der Waals surface area (Å²) in [5, 5.41) is 9.16. The number of sulfone groups is 1. The van der Waals surface area contributed by atoms with Gasteiger partial charge in [0.25, 0.3) is 0 Å². The average molecular weight is 304 g/mol. The van der Waals surface area contributed by atoms with E-state index in [1.807, 2.05) is 0 Å². The van der Waals surface area contributed by atoms with Gasteiger partial charge in [-0.3, -0.25) is 4.79 Å². The van der Waals surface area contributed by atoms with Gasteiger partial charge in [0.1, 0.15) is 0 Å². The molecule has 3 N–H and O–H groups in total. The van der Waals surface area contributed by atoms with Crippen LogP contribution in [0.5, 0.6) is 0 Å². The van der Waals surface area contributed by atoms with E-state index in [4.69, 9.17) is 10.8 Å². The predicted molar refractivity (Wildman–Crippen MR) is 75.8 cm³/mol. The van der Waals surface area contributed by atoms with Crippen LogP contribution in [0.25, 0.3) is 0 Å². The lowest BCUT2D eigenvalue weighted by Gasteiger charge is -2.34. The van der Waals surface area contributed by atoms with Gasteiger partial charge in [0, 0.05) is 24.5 Å². The minimum atomic E-state index is -3.03. The van der Waals surface area contributed by atoms with Crippen molar-refractivity contribution in [1.29, 1.82) is 0 Å². The molecular weight excluding hydrogens is 280 g/mol. The molecule has 1 heterocycles. The maximum absolute atomic E-state index is 12.6. The molecule has 1 aliphatic heterocycles. The Morgan fingerprint density at radius 2 is 2.05 bits per heavy atom. The quantitative estimate of drug-likeness (QED) is 0.730. The van der Waals surface area contributed by atoms with Crippen molar-refractivity contribution in [3.05, 3.63) is 0 Å². The number of carbonyl (C=O) groups excluding carboxylic acids is 1. The third-order valence-corrected chi connectivity index (χ3v) is 6.09. The number of rotatable bonds is 4. The Labute approximate surface area is 120 Å². The number of nitrogens with two attached hydrogens (primary N) is 1. The van der Waals surface area contributed by atoms with Crippen LogP contribution in [0.4, 0.5) is 0 Å². The van der Waals surface area contributed by atoms with Crippen LogP contribution in [-0.2, 0) is 14.6 Å². The first-order chi connectivity index (χ1) is 9.43. The van der Waals surface area contributed by atoms with E-state index >= 15 is 0 Å². The minimum absolute atomic E-state index is 0.0253. The fourth-order valence-corrected chi connectivity index (χ4v) is 5.02. The molecule has 0 aromatic heterocycles. The summed E-state index contributed by atoms with van der Waals surface area (Å²) in [4.78, 5) is 14.2. The first-order valence-electron chi connectivity index (χ1n) is 7.30. The molecule has 0 radical (unpaired) electrons. The van der Waals surface area contributed by atoms with Crippen molar-refractivity contribution < 1.29 is 18.3 Å². The van der Waals surface area contributed by atoms with Gasteiger partial charge in [-0.2, -0.15) is 0 Å². The number of hydrogen-bond donors (Lipinski definition) is 2. The SMILES string of the molecule is NC1CCCC(C(=O)N(CCO)C2CCS(=O)(=O)C2)C1. The molecule has 0 aromatic rings. The minimum Gasteiger partial charge on any atom is -0.395 e. The summed E-state index contributed by atoms with van der Waals surface area (Å²) in [5.74, 6) is 0.0130.